The molecule has 0 radical (unpaired) electrons. The smallest absolute Gasteiger partial charge is 0.222 e. The third kappa shape index (κ3) is 2.91. The molecule has 2 bridgehead atoms. The van der Waals surface area contributed by atoms with Gasteiger partial charge in [0.2, 0.25) is 5.91 Å². The minimum Gasteiger partial charge on any atom is -0.396 e. The highest BCUT2D eigenvalue weighted by Crippen LogP contribution is 2.71. The second kappa shape index (κ2) is 6.91. The van der Waals surface area contributed by atoms with Crippen LogP contribution in [0.25, 0.3) is 0 Å². The van der Waals surface area contributed by atoms with Gasteiger partial charge in [-0.3, -0.25) is 4.79 Å². The molecular formula is C21H27Cl2NO3. The first-order valence-corrected chi connectivity index (χ1v) is 10.5. The molecule has 5 atom stereocenters. The van der Waals surface area contributed by atoms with Crippen LogP contribution in [0.1, 0.15) is 51.2 Å². The molecule has 2 aliphatic carbocycles. The summed E-state index contributed by atoms with van der Waals surface area (Å²) in [4.78, 5) is 12.3. The summed E-state index contributed by atoms with van der Waals surface area (Å²) in [7, 11) is 0. The summed E-state index contributed by atoms with van der Waals surface area (Å²) in [6.45, 7) is 5.04. The molecule has 1 aliphatic heterocycles. The highest BCUT2D eigenvalue weighted by atomic mass is 35.5. The maximum absolute atomic E-state index is 12.3. The molecule has 4 nitrogen and oxygen atoms in total. The van der Waals surface area contributed by atoms with Crippen molar-refractivity contribution < 1.29 is 14.6 Å². The fourth-order valence-electron chi connectivity index (χ4n) is 6.19. The molecule has 1 heterocycles. The summed E-state index contributed by atoms with van der Waals surface area (Å²) in [6, 6.07) is 5.66. The van der Waals surface area contributed by atoms with E-state index in [4.69, 9.17) is 33.0 Å². The average molecular weight is 412 g/mol. The van der Waals surface area contributed by atoms with E-state index >= 15 is 0 Å². The summed E-state index contributed by atoms with van der Waals surface area (Å²) in [5.41, 5.74) is 0.897. The van der Waals surface area contributed by atoms with Crippen LogP contribution in [-0.4, -0.2) is 30.3 Å². The Morgan fingerprint density at radius 3 is 2.70 bits per heavy atom. The Labute approximate surface area is 170 Å². The molecule has 1 amide bonds. The van der Waals surface area contributed by atoms with Gasteiger partial charge in [0.1, 0.15) is 0 Å². The van der Waals surface area contributed by atoms with Crippen molar-refractivity contribution in [2.45, 2.75) is 51.7 Å². The van der Waals surface area contributed by atoms with Crippen LogP contribution in [0.5, 0.6) is 0 Å². The molecule has 1 aromatic carbocycles. The van der Waals surface area contributed by atoms with E-state index in [-0.39, 0.29) is 47.8 Å². The number of halogens is 2. The fourth-order valence-corrected chi connectivity index (χ4v) is 6.80. The number of fused-ring (bicyclic) bond motifs is 1. The molecule has 6 heteroatoms. The molecule has 0 aromatic heterocycles. The summed E-state index contributed by atoms with van der Waals surface area (Å²) in [5, 5.41) is 13.7. The van der Waals surface area contributed by atoms with Crippen molar-refractivity contribution in [3.63, 3.8) is 0 Å². The molecular weight excluding hydrogens is 385 g/mol. The zero-order valence-corrected chi connectivity index (χ0v) is 17.3. The van der Waals surface area contributed by atoms with E-state index in [2.05, 4.69) is 19.2 Å². The molecule has 3 aliphatic rings. The van der Waals surface area contributed by atoms with Crippen molar-refractivity contribution in [1.29, 1.82) is 0 Å². The molecule has 2 N–H and O–H groups in total. The lowest BCUT2D eigenvalue weighted by atomic mass is 9.59. The van der Waals surface area contributed by atoms with E-state index in [0.717, 1.165) is 24.8 Å². The first-order chi connectivity index (χ1) is 12.8. The highest BCUT2D eigenvalue weighted by Gasteiger charge is 2.68. The largest absolute Gasteiger partial charge is 0.396 e. The first kappa shape index (κ1) is 19.5. The van der Waals surface area contributed by atoms with Gasteiger partial charge in [-0.1, -0.05) is 43.1 Å². The van der Waals surface area contributed by atoms with E-state index in [0.29, 0.717) is 22.6 Å². The molecule has 2 saturated carbocycles. The van der Waals surface area contributed by atoms with Crippen LogP contribution in [0.2, 0.25) is 10.0 Å². The highest BCUT2D eigenvalue weighted by molar-refractivity contribution is 6.36. The van der Waals surface area contributed by atoms with Crippen molar-refractivity contribution in [3.05, 3.63) is 33.8 Å². The van der Waals surface area contributed by atoms with Crippen molar-refractivity contribution in [3.8, 4) is 0 Å². The Balaban J connectivity index is 1.71. The lowest BCUT2D eigenvalue weighted by Gasteiger charge is -2.53. The zero-order chi connectivity index (χ0) is 19.4. The Morgan fingerprint density at radius 1 is 1.33 bits per heavy atom. The Bertz CT molecular complexity index is 733. The predicted octanol–water partition coefficient (Wildman–Crippen LogP) is 4.37. The predicted molar refractivity (Wildman–Crippen MR) is 106 cm³/mol. The van der Waals surface area contributed by atoms with Crippen LogP contribution >= 0.6 is 23.2 Å². The number of amides is 1. The van der Waals surface area contributed by atoms with E-state index < -0.39 is 0 Å². The molecule has 1 aromatic rings. The van der Waals surface area contributed by atoms with E-state index in [1.807, 2.05) is 18.2 Å². The van der Waals surface area contributed by atoms with Crippen LogP contribution in [0.4, 0.5) is 0 Å². The first-order valence-electron chi connectivity index (χ1n) is 9.77. The number of ether oxygens (including phenoxy) is 1. The number of benzene rings is 1. The quantitative estimate of drug-likeness (QED) is 0.772. The lowest BCUT2D eigenvalue weighted by Crippen LogP contribution is -2.59. The molecule has 1 unspecified atom stereocenters. The molecule has 148 valence electrons. The average Bonchev–Trinajstić information content (AvgIpc) is 3.09. The van der Waals surface area contributed by atoms with Gasteiger partial charge in [-0.15, -0.1) is 0 Å². The molecule has 1 spiro atoms. The molecule has 3 fully saturated rings. The topological polar surface area (TPSA) is 58.6 Å². The van der Waals surface area contributed by atoms with Crippen LogP contribution < -0.4 is 5.32 Å². The van der Waals surface area contributed by atoms with Gasteiger partial charge >= 0.3 is 0 Å². The number of rotatable bonds is 4. The number of nitrogens with one attached hydrogen (secondary N) is 1. The standard InChI is InChI=1S/C21H27Cl2NO3/c1-20(2)12-10-13-18(17-14(22)4-3-5-15(17)23)27-9-7-21(13,11-12)19(20)24-16(26)6-8-25/h3-5,12-13,18-19,25H,6-11H2,1-2H3,(H,24,26)/t12-,13-,18+,19+,21?/m1/s1. The Kier molecular flexibility index (Phi) is 4.99. The van der Waals surface area contributed by atoms with Gasteiger partial charge < -0.3 is 15.2 Å². The monoisotopic (exact) mass is 411 g/mol. The normalized spacial score (nSPS) is 36.5. The Morgan fingerprint density at radius 2 is 2.04 bits per heavy atom. The number of hydrogen-bond acceptors (Lipinski definition) is 3. The fraction of sp³-hybridized carbons (Fsp3) is 0.667. The molecule has 27 heavy (non-hydrogen) atoms. The van der Waals surface area contributed by atoms with E-state index in [9.17, 15) is 4.79 Å². The van der Waals surface area contributed by atoms with Crippen LogP contribution in [0.3, 0.4) is 0 Å². The number of carbonyl (C=O) groups is 1. The van der Waals surface area contributed by atoms with Gasteiger partial charge in [0.25, 0.3) is 0 Å². The number of aliphatic hydroxyl groups excluding tert-OH is 1. The van der Waals surface area contributed by atoms with Crippen LogP contribution in [-0.2, 0) is 9.53 Å². The maximum atomic E-state index is 12.3. The van der Waals surface area contributed by atoms with Gasteiger partial charge in [0.05, 0.1) is 12.7 Å². The van der Waals surface area contributed by atoms with E-state index in [1.165, 1.54) is 0 Å². The van der Waals surface area contributed by atoms with Gasteiger partial charge in [-0.25, -0.2) is 0 Å². The van der Waals surface area contributed by atoms with Crippen LogP contribution in [0, 0.1) is 22.7 Å². The minimum absolute atomic E-state index is 0.00923. The van der Waals surface area contributed by atoms with Crippen molar-refractivity contribution in [2.24, 2.45) is 22.7 Å². The van der Waals surface area contributed by atoms with Crippen molar-refractivity contribution >= 4 is 29.1 Å². The van der Waals surface area contributed by atoms with Crippen molar-refractivity contribution in [2.75, 3.05) is 13.2 Å². The summed E-state index contributed by atoms with van der Waals surface area (Å²) in [6.07, 6.45) is 3.09. The molecule has 1 saturated heterocycles. The second-order valence-electron chi connectivity index (χ2n) is 8.95. The van der Waals surface area contributed by atoms with Gasteiger partial charge in [0.15, 0.2) is 0 Å². The third-order valence-corrected chi connectivity index (χ3v) is 8.09. The van der Waals surface area contributed by atoms with E-state index in [1.54, 1.807) is 0 Å². The zero-order valence-electron chi connectivity index (χ0n) is 15.8. The summed E-state index contributed by atoms with van der Waals surface area (Å²) >= 11 is 13.0. The maximum Gasteiger partial charge on any atom is 0.222 e. The van der Waals surface area contributed by atoms with Gasteiger partial charge in [0, 0.05) is 34.7 Å². The van der Waals surface area contributed by atoms with Crippen LogP contribution in [0.15, 0.2) is 18.2 Å². The number of hydrogen-bond donors (Lipinski definition) is 2. The van der Waals surface area contributed by atoms with Crippen molar-refractivity contribution in [1.82, 2.24) is 5.32 Å². The second-order valence-corrected chi connectivity index (χ2v) is 9.76. The lowest BCUT2D eigenvalue weighted by molar-refractivity contribution is -0.137. The molecule has 4 rings (SSSR count). The minimum atomic E-state index is -0.140. The summed E-state index contributed by atoms with van der Waals surface area (Å²) < 4.78 is 6.23. The van der Waals surface area contributed by atoms with Gasteiger partial charge in [-0.05, 0) is 54.1 Å². The third-order valence-electron chi connectivity index (χ3n) is 7.43. The Hall–Kier alpha value is -0.810. The summed E-state index contributed by atoms with van der Waals surface area (Å²) in [5.74, 6) is 0.726. The SMILES string of the molecule is CC1(C)[C@@H]2C[C@@H]3[C@@H](c4c(Cl)cccc4Cl)OCCC3(C2)[C@H]1NC(=O)CCO. The van der Waals surface area contributed by atoms with Gasteiger partial charge in [-0.2, -0.15) is 0 Å². The number of carbonyl (C=O) groups excluding carboxylic acids is 1. The number of aliphatic hydroxyl groups is 1.